The summed E-state index contributed by atoms with van der Waals surface area (Å²) >= 11 is 0. The predicted molar refractivity (Wildman–Crippen MR) is 62.6 cm³/mol. The Morgan fingerprint density at radius 1 is 1.53 bits per heavy atom. The Kier molecular flexibility index (Phi) is 4.87. The quantitative estimate of drug-likeness (QED) is 0.725. The van der Waals surface area contributed by atoms with Crippen molar-refractivity contribution in [3.8, 4) is 0 Å². The molecule has 1 aromatic rings. The van der Waals surface area contributed by atoms with Gasteiger partial charge in [-0.1, -0.05) is 12.1 Å². The molecule has 0 unspecified atom stereocenters. The zero-order valence-electron chi connectivity index (χ0n) is 9.30. The highest BCUT2D eigenvalue weighted by Crippen LogP contribution is 2.01. The van der Waals surface area contributed by atoms with Gasteiger partial charge in [-0.3, -0.25) is 9.78 Å². The van der Waals surface area contributed by atoms with Gasteiger partial charge in [0.1, 0.15) is 11.7 Å². The molecule has 0 bridgehead atoms. The largest absolute Gasteiger partial charge is 0.480 e. The van der Waals surface area contributed by atoms with Crippen LogP contribution in [-0.2, 0) is 4.79 Å². The van der Waals surface area contributed by atoms with Gasteiger partial charge in [-0.15, -0.1) is 6.58 Å². The minimum Gasteiger partial charge on any atom is -0.480 e. The first-order valence-electron chi connectivity index (χ1n) is 5.20. The Balaban J connectivity index is 2.64. The van der Waals surface area contributed by atoms with Crippen LogP contribution in [0.15, 0.2) is 37.1 Å². The van der Waals surface area contributed by atoms with Crippen molar-refractivity contribution < 1.29 is 14.7 Å². The van der Waals surface area contributed by atoms with Crippen LogP contribution < -0.4 is 5.32 Å². The van der Waals surface area contributed by atoms with Crippen molar-refractivity contribution in [3.63, 3.8) is 0 Å². The number of carbonyl (C=O) groups excluding carboxylic acids is 1. The molecule has 0 aromatic carbocycles. The third-order valence-electron chi connectivity index (χ3n) is 2.16. The molecule has 5 nitrogen and oxygen atoms in total. The lowest BCUT2D eigenvalue weighted by Gasteiger charge is -2.12. The second-order valence-electron chi connectivity index (χ2n) is 3.45. The summed E-state index contributed by atoms with van der Waals surface area (Å²) in [5.74, 6) is -1.54. The Morgan fingerprint density at radius 2 is 2.29 bits per heavy atom. The number of carbonyl (C=O) groups is 2. The molecule has 90 valence electrons. The van der Waals surface area contributed by atoms with E-state index < -0.39 is 17.9 Å². The molecule has 1 heterocycles. The van der Waals surface area contributed by atoms with Gasteiger partial charge in [0.05, 0.1) is 0 Å². The highest BCUT2D eigenvalue weighted by Gasteiger charge is 2.19. The molecule has 5 heteroatoms. The van der Waals surface area contributed by atoms with Gasteiger partial charge in [0.2, 0.25) is 0 Å². The first-order valence-corrected chi connectivity index (χ1v) is 5.20. The summed E-state index contributed by atoms with van der Waals surface area (Å²) in [7, 11) is 0. The lowest BCUT2D eigenvalue weighted by Crippen LogP contribution is -2.40. The minimum atomic E-state index is -1.06. The zero-order chi connectivity index (χ0) is 12.7. The number of pyridine rings is 1. The van der Waals surface area contributed by atoms with E-state index in [-0.39, 0.29) is 5.69 Å². The summed E-state index contributed by atoms with van der Waals surface area (Å²) in [4.78, 5) is 26.4. The predicted octanol–water partition coefficient (Wildman–Crippen LogP) is 1.23. The van der Waals surface area contributed by atoms with Gasteiger partial charge in [0, 0.05) is 6.20 Å². The second-order valence-corrected chi connectivity index (χ2v) is 3.45. The molecule has 0 aliphatic carbocycles. The summed E-state index contributed by atoms with van der Waals surface area (Å²) in [5, 5.41) is 11.3. The molecule has 17 heavy (non-hydrogen) atoms. The molecule has 1 aromatic heterocycles. The van der Waals surface area contributed by atoms with Crippen molar-refractivity contribution in [2.75, 3.05) is 0 Å². The van der Waals surface area contributed by atoms with Crippen molar-refractivity contribution in [2.24, 2.45) is 0 Å². The van der Waals surface area contributed by atoms with Gasteiger partial charge in [-0.25, -0.2) is 4.79 Å². The van der Waals surface area contributed by atoms with E-state index in [0.717, 1.165) is 0 Å². The summed E-state index contributed by atoms with van der Waals surface area (Å²) in [6, 6.07) is 3.97. The zero-order valence-corrected chi connectivity index (χ0v) is 9.30. The molecule has 1 rings (SSSR count). The van der Waals surface area contributed by atoms with Gasteiger partial charge in [0.15, 0.2) is 0 Å². The lowest BCUT2D eigenvalue weighted by atomic mass is 10.1. The Morgan fingerprint density at radius 3 is 2.82 bits per heavy atom. The maximum Gasteiger partial charge on any atom is 0.326 e. The average Bonchev–Trinajstić information content (AvgIpc) is 2.35. The summed E-state index contributed by atoms with van der Waals surface area (Å²) < 4.78 is 0. The van der Waals surface area contributed by atoms with Gasteiger partial charge in [0.25, 0.3) is 5.91 Å². The van der Waals surface area contributed by atoms with Crippen molar-refractivity contribution in [1.82, 2.24) is 10.3 Å². The van der Waals surface area contributed by atoms with Gasteiger partial charge in [-0.05, 0) is 25.0 Å². The normalized spacial score (nSPS) is 11.5. The lowest BCUT2D eigenvalue weighted by molar-refractivity contribution is -0.139. The Labute approximate surface area is 99.2 Å². The molecule has 0 aliphatic rings. The molecule has 1 atom stereocenters. The smallest absolute Gasteiger partial charge is 0.326 e. The van der Waals surface area contributed by atoms with Crippen LogP contribution in [0.25, 0.3) is 0 Å². The fourth-order valence-corrected chi connectivity index (χ4v) is 1.27. The van der Waals surface area contributed by atoms with E-state index in [1.54, 1.807) is 18.2 Å². The number of rotatable bonds is 6. The first-order chi connectivity index (χ1) is 8.15. The molecule has 2 N–H and O–H groups in total. The van der Waals surface area contributed by atoms with Gasteiger partial charge < -0.3 is 10.4 Å². The van der Waals surface area contributed by atoms with E-state index in [4.69, 9.17) is 5.11 Å². The van der Waals surface area contributed by atoms with Crippen LogP contribution in [-0.4, -0.2) is 28.0 Å². The first kappa shape index (κ1) is 12.9. The molecule has 0 radical (unpaired) electrons. The Hall–Kier alpha value is -2.17. The third kappa shape index (κ3) is 4.06. The topological polar surface area (TPSA) is 79.3 Å². The van der Waals surface area contributed by atoms with E-state index >= 15 is 0 Å². The molecule has 0 saturated carbocycles. The van der Waals surface area contributed by atoms with E-state index in [1.807, 2.05) is 0 Å². The van der Waals surface area contributed by atoms with Gasteiger partial charge >= 0.3 is 5.97 Å². The number of nitrogens with zero attached hydrogens (tertiary/aromatic N) is 1. The fraction of sp³-hybridized carbons (Fsp3) is 0.250. The summed E-state index contributed by atoms with van der Waals surface area (Å²) in [6.45, 7) is 3.51. The number of amides is 1. The van der Waals surface area contributed by atoms with Crippen molar-refractivity contribution in [1.29, 1.82) is 0 Å². The maximum absolute atomic E-state index is 11.7. The Bertz CT molecular complexity index is 403. The van der Waals surface area contributed by atoms with Crippen LogP contribution >= 0.6 is 0 Å². The van der Waals surface area contributed by atoms with Crippen LogP contribution in [0.1, 0.15) is 23.3 Å². The van der Waals surface area contributed by atoms with Crippen molar-refractivity contribution >= 4 is 11.9 Å². The van der Waals surface area contributed by atoms with Crippen LogP contribution in [0.2, 0.25) is 0 Å². The molecular formula is C12H14N2O3. The standard InChI is InChI=1S/C12H14N2O3/c1-2-3-6-10(12(16)17)14-11(15)9-7-4-5-8-13-9/h2,4-5,7-8,10H,1,3,6H2,(H,14,15)(H,16,17)/t10-/m0/s1. The molecule has 0 saturated heterocycles. The highest BCUT2D eigenvalue weighted by molar-refractivity contribution is 5.94. The van der Waals surface area contributed by atoms with E-state index in [0.29, 0.717) is 12.8 Å². The van der Waals surface area contributed by atoms with Crippen LogP contribution in [0.5, 0.6) is 0 Å². The van der Waals surface area contributed by atoms with Crippen LogP contribution in [0, 0.1) is 0 Å². The van der Waals surface area contributed by atoms with E-state index in [9.17, 15) is 9.59 Å². The van der Waals surface area contributed by atoms with Crippen LogP contribution in [0.3, 0.4) is 0 Å². The van der Waals surface area contributed by atoms with E-state index in [1.165, 1.54) is 12.3 Å². The molecule has 1 amide bonds. The van der Waals surface area contributed by atoms with Gasteiger partial charge in [-0.2, -0.15) is 0 Å². The number of carboxylic acids is 1. The number of allylic oxidation sites excluding steroid dienone is 1. The summed E-state index contributed by atoms with van der Waals surface area (Å²) in [6.07, 6.45) is 3.94. The average molecular weight is 234 g/mol. The number of nitrogens with one attached hydrogen (secondary N) is 1. The second kappa shape index (κ2) is 6.42. The SMILES string of the molecule is C=CCC[C@H](NC(=O)c1ccccn1)C(=O)O. The fourth-order valence-electron chi connectivity index (χ4n) is 1.27. The molecule has 0 aliphatic heterocycles. The van der Waals surface area contributed by atoms with Crippen molar-refractivity contribution in [2.45, 2.75) is 18.9 Å². The summed E-state index contributed by atoms with van der Waals surface area (Å²) in [5.41, 5.74) is 0.206. The van der Waals surface area contributed by atoms with E-state index in [2.05, 4.69) is 16.9 Å². The number of aromatic nitrogens is 1. The number of carboxylic acid groups (broad SMARTS) is 1. The van der Waals surface area contributed by atoms with Crippen LogP contribution in [0.4, 0.5) is 0 Å². The number of hydrogen-bond acceptors (Lipinski definition) is 3. The minimum absolute atomic E-state index is 0.206. The monoisotopic (exact) mass is 234 g/mol. The molecular weight excluding hydrogens is 220 g/mol. The molecule has 0 fully saturated rings. The third-order valence-corrected chi connectivity index (χ3v) is 2.16. The maximum atomic E-state index is 11.7. The number of aliphatic carboxylic acids is 1. The molecule has 0 spiro atoms. The number of hydrogen-bond donors (Lipinski definition) is 2. The highest BCUT2D eigenvalue weighted by atomic mass is 16.4. The van der Waals surface area contributed by atoms with Crippen molar-refractivity contribution in [3.05, 3.63) is 42.7 Å².